The number of benzene rings is 1. The second-order valence-electron chi connectivity index (χ2n) is 6.07. The molecule has 1 aliphatic carbocycles. The normalized spacial score (nSPS) is 21.3. The molecule has 1 aliphatic heterocycles. The van der Waals surface area contributed by atoms with Gasteiger partial charge in [0.25, 0.3) is 0 Å². The van der Waals surface area contributed by atoms with Crippen molar-refractivity contribution in [1.29, 1.82) is 0 Å². The lowest BCUT2D eigenvalue weighted by atomic mass is 10.0. The zero-order valence-electron chi connectivity index (χ0n) is 12.3. The number of rotatable bonds is 2. The van der Waals surface area contributed by atoms with E-state index in [1.54, 1.807) is 0 Å². The van der Waals surface area contributed by atoms with E-state index in [-0.39, 0.29) is 5.91 Å². The van der Waals surface area contributed by atoms with Gasteiger partial charge in [-0.2, -0.15) is 0 Å². The van der Waals surface area contributed by atoms with Gasteiger partial charge in [-0.1, -0.05) is 36.2 Å². The molecule has 21 heavy (non-hydrogen) atoms. The molecule has 3 rings (SSSR count). The fourth-order valence-electron chi connectivity index (χ4n) is 3.55. The predicted octanol–water partition coefficient (Wildman–Crippen LogP) is 3.57. The van der Waals surface area contributed by atoms with Crippen LogP contribution in [0.15, 0.2) is 29.4 Å². The van der Waals surface area contributed by atoms with Crippen LogP contribution in [-0.2, 0) is 4.79 Å². The number of anilines is 1. The van der Waals surface area contributed by atoms with Gasteiger partial charge in [0.15, 0.2) is 0 Å². The average molecular weight is 286 g/mol. The summed E-state index contributed by atoms with van der Waals surface area (Å²) in [6.07, 6.45) is 7.09. The highest BCUT2D eigenvalue weighted by Gasteiger charge is 2.27. The van der Waals surface area contributed by atoms with Gasteiger partial charge in [0.2, 0.25) is 5.91 Å². The summed E-state index contributed by atoms with van der Waals surface area (Å²) in [5.74, 6) is 0.771. The van der Waals surface area contributed by atoms with Crippen LogP contribution in [0.5, 0.6) is 0 Å². The molecule has 1 aromatic carbocycles. The number of carbonyl (C=O) groups is 1. The van der Waals surface area contributed by atoms with Gasteiger partial charge in [-0.25, -0.2) is 0 Å². The Bertz CT molecular complexity index is 547. The van der Waals surface area contributed by atoms with Crippen LogP contribution in [0.3, 0.4) is 0 Å². The monoisotopic (exact) mass is 286 g/mol. The molecule has 2 aliphatic rings. The fraction of sp³-hybridized carbons (Fsp3) is 0.529. The minimum Gasteiger partial charge on any atom is -0.411 e. The van der Waals surface area contributed by atoms with Crippen LogP contribution in [0.1, 0.15) is 50.5 Å². The number of para-hydroxylation sites is 1. The number of oxime groups is 1. The van der Waals surface area contributed by atoms with E-state index in [0.717, 1.165) is 17.7 Å². The molecule has 0 radical (unpaired) electrons. The Morgan fingerprint density at radius 3 is 2.76 bits per heavy atom. The van der Waals surface area contributed by atoms with Crippen molar-refractivity contribution in [3.8, 4) is 0 Å². The van der Waals surface area contributed by atoms with Crippen molar-refractivity contribution in [2.45, 2.75) is 44.9 Å². The molecular formula is C17H22N2O2. The van der Waals surface area contributed by atoms with E-state index in [0.29, 0.717) is 31.0 Å². The van der Waals surface area contributed by atoms with E-state index < -0.39 is 0 Å². The molecule has 1 aromatic rings. The van der Waals surface area contributed by atoms with Crippen LogP contribution in [0.4, 0.5) is 5.69 Å². The predicted molar refractivity (Wildman–Crippen MR) is 82.9 cm³/mol. The first kappa shape index (κ1) is 14.1. The molecular weight excluding hydrogens is 264 g/mol. The van der Waals surface area contributed by atoms with E-state index in [1.807, 2.05) is 29.2 Å². The van der Waals surface area contributed by atoms with Gasteiger partial charge in [0.05, 0.1) is 11.4 Å². The zero-order valence-corrected chi connectivity index (χ0v) is 12.3. The number of carbonyl (C=O) groups excluding carboxylic acids is 1. The van der Waals surface area contributed by atoms with Gasteiger partial charge in [0, 0.05) is 18.5 Å². The highest BCUT2D eigenvalue weighted by Crippen LogP contribution is 2.31. The van der Waals surface area contributed by atoms with Gasteiger partial charge in [0.1, 0.15) is 0 Å². The molecule has 0 saturated heterocycles. The number of hydrogen-bond acceptors (Lipinski definition) is 3. The standard InChI is InChI=1S/C17H22N2O2/c20-17(12-13-6-1-2-7-13)19-11-5-9-15(18-21)14-8-3-4-10-16(14)19/h3-4,8,10,13,21H,1-2,5-7,9,11-12H2/b18-15-. The second-order valence-corrected chi connectivity index (χ2v) is 6.07. The molecule has 1 amide bonds. The zero-order chi connectivity index (χ0) is 14.7. The minimum absolute atomic E-state index is 0.216. The van der Waals surface area contributed by atoms with Crippen molar-refractivity contribution in [1.82, 2.24) is 0 Å². The highest BCUT2D eigenvalue weighted by atomic mass is 16.4. The van der Waals surface area contributed by atoms with Crippen LogP contribution >= 0.6 is 0 Å². The number of hydrogen-bond donors (Lipinski definition) is 1. The van der Waals surface area contributed by atoms with E-state index in [2.05, 4.69) is 5.16 Å². The van der Waals surface area contributed by atoms with E-state index in [9.17, 15) is 10.0 Å². The lowest BCUT2D eigenvalue weighted by Gasteiger charge is -2.24. The van der Waals surface area contributed by atoms with Crippen LogP contribution in [0.25, 0.3) is 0 Å². The molecule has 1 saturated carbocycles. The molecule has 4 nitrogen and oxygen atoms in total. The molecule has 0 unspecified atom stereocenters. The van der Waals surface area contributed by atoms with Crippen LogP contribution < -0.4 is 4.90 Å². The highest BCUT2D eigenvalue weighted by molar-refractivity contribution is 6.09. The van der Waals surface area contributed by atoms with Crippen LogP contribution in [0.2, 0.25) is 0 Å². The summed E-state index contributed by atoms with van der Waals surface area (Å²) < 4.78 is 0. The van der Waals surface area contributed by atoms with E-state index >= 15 is 0 Å². The minimum atomic E-state index is 0.216. The van der Waals surface area contributed by atoms with Crippen molar-refractivity contribution < 1.29 is 10.0 Å². The van der Waals surface area contributed by atoms with Gasteiger partial charge in [-0.05, 0) is 37.7 Å². The second kappa shape index (κ2) is 6.29. The van der Waals surface area contributed by atoms with Gasteiger partial charge >= 0.3 is 0 Å². The third kappa shape index (κ3) is 2.94. The molecule has 0 atom stereocenters. The van der Waals surface area contributed by atoms with Gasteiger partial charge in [-0.15, -0.1) is 0 Å². The third-order valence-electron chi connectivity index (χ3n) is 4.66. The quantitative estimate of drug-likeness (QED) is 0.667. The molecule has 0 spiro atoms. The first-order valence-corrected chi connectivity index (χ1v) is 7.90. The fourth-order valence-corrected chi connectivity index (χ4v) is 3.55. The van der Waals surface area contributed by atoms with Crippen molar-refractivity contribution in [3.05, 3.63) is 29.8 Å². The number of nitrogens with zero attached hydrogens (tertiary/aromatic N) is 2. The maximum absolute atomic E-state index is 12.7. The molecule has 0 aromatic heterocycles. The summed E-state index contributed by atoms with van der Waals surface area (Å²) in [5.41, 5.74) is 2.46. The van der Waals surface area contributed by atoms with Crippen molar-refractivity contribution >= 4 is 17.3 Å². The Labute approximate surface area is 125 Å². The summed E-state index contributed by atoms with van der Waals surface area (Å²) in [6, 6.07) is 7.76. The Morgan fingerprint density at radius 2 is 2.00 bits per heavy atom. The summed E-state index contributed by atoms with van der Waals surface area (Å²) in [6.45, 7) is 0.710. The SMILES string of the molecule is O=C(CC1CCCC1)N1CCC/C(=N/O)c2ccccc21. The summed E-state index contributed by atoms with van der Waals surface area (Å²) in [7, 11) is 0. The maximum Gasteiger partial charge on any atom is 0.227 e. The molecule has 1 heterocycles. The Hall–Kier alpha value is -1.84. The summed E-state index contributed by atoms with van der Waals surface area (Å²) >= 11 is 0. The molecule has 1 N–H and O–H groups in total. The molecule has 4 heteroatoms. The lowest BCUT2D eigenvalue weighted by Crippen LogP contribution is -2.32. The Morgan fingerprint density at radius 1 is 1.24 bits per heavy atom. The molecule has 112 valence electrons. The smallest absolute Gasteiger partial charge is 0.227 e. The van der Waals surface area contributed by atoms with E-state index in [1.165, 1.54) is 25.7 Å². The Kier molecular flexibility index (Phi) is 4.23. The third-order valence-corrected chi connectivity index (χ3v) is 4.66. The van der Waals surface area contributed by atoms with Gasteiger partial charge in [-0.3, -0.25) is 4.79 Å². The van der Waals surface area contributed by atoms with Gasteiger partial charge < -0.3 is 10.1 Å². The molecule has 1 fully saturated rings. The first-order chi connectivity index (χ1) is 10.3. The lowest BCUT2D eigenvalue weighted by molar-refractivity contribution is -0.119. The van der Waals surface area contributed by atoms with Crippen molar-refractivity contribution in [2.75, 3.05) is 11.4 Å². The molecule has 0 bridgehead atoms. The largest absolute Gasteiger partial charge is 0.411 e. The van der Waals surface area contributed by atoms with E-state index in [4.69, 9.17) is 0 Å². The Balaban J connectivity index is 1.85. The summed E-state index contributed by atoms with van der Waals surface area (Å²) in [5, 5.41) is 12.6. The van der Waals surface area contributed by atoms with Crippen LogP contribution in [-0.4, -0.2) is 23.4 Å². The maximum atomic E-state index is 12.7. The average Bonchev–Trinajstić information content (AvgIpc) is 2.93. The van der Waals surface area contributed by atoms with Crippen molar-refractivity contribution in [3.63, 3.8) is 0 Å². The number of fused-ring (bicyclic) bond motifs is 1. The van der Waals surface area contributed by atoms with Crippen molar-refractivity contribution in [2.24, 2.45) is 11.1 Å². The van der Waals surface area contributed by atoms with Crippen LogP contribution in [0, 0.1) is 5.92 Å². The number of amides is 1. The topological polar surface area (TPSA) is 52.9 Å². The first-order valence-electron chi connectivity index (χ1n) is 7.90. The summed E-state index contributed by atoms with van der Waals surface area (Å²) in [4.78, 5) is 14.6.